The molecular formula is C15H13N3O2. The number of para-hydroxylation sites is 1. The number of ether oxygens (including phenoxy) is 1. The molecule has 5 heteroatoms. The molecule has 2 rings (SSSR count). The fourth-order valence-electron chi connectivity index (χ4n) is 1.75. The Hall–Kier alpha value is -2.87. The van der Waals surface area contributed by atoms with E-state index in [1.54, 1.807) is 7.11 Å². The van der Waals surface area contributed by atoms with E-state index in [0.29, 0.717) is 17.7 Å². The van der Waals surface area contributed by atoms with Gasteiger partial charge in [-0.3, -0.25) is 9.78 Å². The van der Waals surface area contributed by atoms with Crippen LogP contribution in [0.25, 0.3) is 0 Å². The molecule has 0 fully saturated rings. The minimum Gasteiger partial charge on any atom is -0.496 e. The van der Waals surface area contributed by atoms with Crippen molar-refractivity contribution in [3.8, 4) is 11.8 Å². The van der Waals surface area contributed by atoms with E-state index in [2.05, 4.69) is 10.3 Å². The molecular weight excluding hydrogens is 254 g/mol. The molecule has 2 aromatic rings. The molecule has 0 radical (unpaired) electrons. The highest BCUT2D eigenvalue weighted by Crippen LogP contribution is 2.16. The summed E-state index contributed by atoms with van der Waals surface area (Å²) in [7, 11) is 1.58. The van der Waals surface area contributed by atoms with E-state index in [-0.39, 0.29) is 5.91 Å². The molecule has 0 saturated heterocycles. The van der Waals surface area contributed by atoms with E-state index in [0.717, 1.165) is 11.3 Å². The molecule has 1 amide bonds. The summed E-state index contributed by atoms with van der Waals surface area (Å²) in [5.41, 5.74) is 1.60. The van der Waals surface area contributed by atoms with Gasteiger partial charge in [0.15, 0.2) is 0 Å². The molecule has 0 aliphatic carbocycles. The van der Waals surface area contributed by atoms with E-state index < -0.39 is 0 Å². The molecule has 0 bridgehead atoms. The first-order valence-corrected chi connectivity index (χ1v) is 6.00. The fourth-order valence-corrected chi connectivity index (χ4v) is 1.75. The van der Waals surface area contributed by atoms with E-state index >= 15 is 0 Å². The molecule has 1 aromatic carbocycles. The number of methoxy groups -OCH3 is 1. The maximum Gasteiger partial charge on any atom is 0.253 e. The second-order valence-corrected chi connectivity index (χ2v) is 4.07. The Morgan fingerprint density at radius 3 is 2.95 bits per heavy atom. The SMILES string of the molecule is COc1ccccc1CNC(=O)c1cncc(C#N)c1. The Labute approximate surface area is 116 Å². The van der Waals surface area contributed by atoms with Crippen molar-refractivity contribution in [2.75, 3.05) is 7.11 Å². The van der Waals surface area contributed by atoms with Gasteiger partial charge in [0, 0.05) is 24.5 Å². The van der Waals surface area contributed by atoms with Crippen LogP contribution in [0.3, 0.4) is 0 Å². The topological polar surface area (TPSA) is 75.0 Å². The maximum atomic E-state index is 12.0. The highest BCUT2D eigenvalue weighted by molar-refractivity contribution is 5.94. The molecule has 1 N–H and O–H groups in total. The second kappa shape index (κ2) is 6.34. The number of amides is 1. The Morgan fingerprint density at radius 2 is 2.20 bits per heavy atom. The number of hydrogen-bond donors (Lipinski definition) is 1. The first-order chi connectivity index (χ1) is 9.74. The zero-order chi connectivity index (χ0) is 14.4. The van der Waals surface area contributed by atoms with E-state index in [1.165, 1.54) is 18.5 Å². The molecule has 5 nitrogen and oxygen atoms in total. The van der Waals surface area contributed by atoms with E-state index in [1.807, 2.05) is 30.3 Å². The molecule has 0 aliphatic heterocycles. The van der Waals surface area contributed by atoms with Crippen molar-refractivity contribution in [3.05, 3.63) is 59.4 Å². The number of pyridine rings is 1. The summed E-state index contributed by atoms with van der Waals surface area (Å²) in [5, 5.41) is 11.6. The molecule has 20 heavy (non-hydrogen) atoms. The summed E-state index contributed by atoms with van der Waals surface area (Å²) < 4.78 is 5.21. The van der Waals surface area contributed by atoms with Gasteiger partial charge in [-0.2, -0.15) is 5.26 Å². The summed E-state index contributed by atoms with van der Waals surface area (Å²) in [6.07, 6.45) is 2.84. The number of carbonyl (C=O) groups excluding carboxylic acids is 1. The van der Waals surface area contributed by atoms with Crippen LogP contribution in [0.4, 0.5) is 0 Å². The largest absolute Gasteiger partial charge is 0.496 e. The molecule has 0 aliphatic rings. The van der Waals surface area contributed by atoms with Crippen LogP contribution in [0.2, 0.25) is 0 Å². The normalized spacial score (nSPS) is 9.60. The minimum absolute atomic E-state index is 0.277. The summed E-state index contributed by atoms with van der Waals surface area (Å²) >= 11 is 0. The number of nitrogens with zero attached hydrogens (tertiary/aromatic N) is 2. The highest BCUT2D eigenvalue weighted by atomic mass is 16.5. The van der Waals surface area contributed by atoms with Crippen molar-refractivity contribution in [1.29, 1.82) is 5.26 Å². The van der Waals surface area contributed by atoms with Crippen LogP contribution in [0.5, 0.6) is 5.75 Å². The average molecular weight is 267 g/mol. The molecule has 0 atom stereocenters. The average Bonchev–Trinajstić information content (AvgIpc) is 2.52. The lowest BCUT2D eigenvalue weighted by molar-refractivity contribution is 0.0950. The molecule has 0 saturated carbocycles. The summed E-state index contributed by atoms with van der Waals surface area (Å²) in [6.45, 7) is 0.347. The van der Waals surface area contributed by atoms with Crippen molar-refractivity contribution in [3.63, 3.8) is 0 Å². The third-order valence-corrected chi connectivity index (χ3v) is 2.76. The smallest absolute Gasteiger partial charge is 0.253 e. The second-order valence-electron chi connectivity index (χ2n) is 4.07. The predicted molar refractivity (Wildman–Crippen MR) is 73.1 cm³/mol. The van der Waals surface area contributed by atoms with Crippen molar-refractivity contribution < 1.29 is 9.53 Å². The first-order valence-electron chi connectivity index (χ1n) is 6.00. The number of aromatic nitrogens is 1. The quantitative estimate of drug-likeness (QED) is 0.917. The zero-order valence-electron chi connectivity index (χ0n) is 11.0. The van der Waals surface area contributed by atoms with Crippen molar-refractivity contribution in [2.24, 2.45) is 0 Å². The highest BCUT2D eigenvalue weighted by Gasteiger charge is 2.08. The minimum atomic E-state index is -0.277. The van der Waals surface area contributed by atoms with Crippen LogP contribution < -0.4 is 10.1 Å². The van der Waals surface area contributed by atoms with Gasteiger partial charge in [-0.05, 0) is 12.1 Å². The van der Waals surface area contributed by atoms with Crippen LogP contribution in [0.1, 0.15) is 21.5 Å². The number of benzene rings is 1. The third kappa shape index (κ3) is 3.12. The number of carbonyl (C=O) groups is 1. The van der Waals surface area contributed by atoms with Gasteiger partial charge in [-0.1, -0.05) is 18.2 Å². The summed E-state index contributed by atoms with van der Waals surface area (Å²) in [5.74, 6) is 0.442. The Morgan fingerprint density at radius 1 is 1.40 bits per heavy atom. The Balaban J connectivity index is 2.07. The van der Waals surface area contributed by atoms with Gasteiger partial charge in [-0.15, -0.1) is 0 Å². The van der Waals surface area contributed by atoms with Gasteiger partial charge in [0.05, 0.1) is 18.2 Å². The number of nitrogens with one attached hydrogen (secondary N) is 1. The van der Waals surface area contributed by atoms with Crippen LogP contribution in [-0.4, -0.2) is 18.0 Å². The molecule has 1 aromatic heterocycles. The standard InChI is InChI=1S/C15H13N3O2/c1-20-14-5-3-2-4-12(14)10-18-15(19)13-6-11(7-16)8-17-9-13/h2-6,8-9H,10H2,1H3,(H,18,19). The lowest BCUT2D eigenvalue weighted by Crippen LogP contribution is -2.23. The van der Waals surface area contributed by atoms with Crippen molar-refractivity contribution in [1.82, 2.24) is 10.3 Å². The monoisotopic (exact) mass is 267 g/mol. The van der Waals surface area contributed by atoms with Gasteiger partial charge < -0.3 is 10.1 Å². The molecule has 1 heterocycles. The lowest BCUT2D eigenvalue weighted by atomic mass is 10.2. The van der Waals surface area contributed by atoms with Gasteiger partial charge in [0.1, 0.15) is 11.8 Å². The number of rotatable bonds is 4. The first kappa shape index (κ1) is 13.6. The van der Waals surface area contributed by atoms with Crippen molar-refractivity contribution in [2.45, 2.75) is 6.54 Å². The molecule has 100 valence electrons. The molecule has 0 unspecified atom stereocenters. The number of hydrogen-bond acceptors (Lipinski definition) is 4. The van der Waals surface area contributed by atoms with Crippen LogP contribution in [0, 0.1) is 11.3 Å². The maximum absolute atomic E-state index is 12.0. The lowest BCUT2D eigenvalue weighted by Gasteiger charge is -2.09. The Kier molecular flexibility index (Phi) is 4.30. The van der Waals surface area contributed by atoms with Crippen LogP contribution >= 0.6 is 0 Å². The van der Waals surface area contributed by atoms with Gasteiger partial charge in [-0.25, -0.2) is 0 Å². The predicted octanol–water partition coefficient (Wildman–Crippen LogP) is 1.89. The van der Waals surface area contributed by atoms with E-state index in [4.69, 9.17) is 10.00 Å². The Bertz CT molecular complexity index is 662. The van der Waals surface area contributed by atoms with E-state index in [9.17, 15) is 4.79 Å². The number of nitriles is 1. The molecule has 0 spiro atoms. The van der Waals surface area contributed by atoms with Gasteiger partial charge in [0.25, 0.3) is 5.91 Å². The fraction of sp³-hybridized carbons (Fsp3) is 0.133. The third-order valence-electron chi connectivity index (χ3n) is 2.76. The van der Waals surface area contributed by atoms with Crippen LogP contribution in [-0.2, 0) is 6.54 Å². The van der Waals surface area contributed by atoms with Crippen molar-refractivity contribution >= 4 is 5.91 Å². The summed E-state index contributed by atoms with van der Waals surface area (Å²) in [6, 6.07) is 10.9. The van der Waals surface area contributed by atoms with Gasteiger partial charge >= 0.3 is 0 Å². The van der Waals surface area contributed by atoms with Gasteiger partial charge in [0.2, 0.25) is 0 Å². The van der Waals surface area contributed by atoms with Crippen LogP contribution in [0.15, 0.2) is 42.7 Å². The zero-order valence-corrected chi connectivity index (χ0v) is 11.0. The summed E-state index contributed by atoms with van der Waals surface area (Å²) in [4.78, 5) is 15.8.